The highest BCUT2D eigenvalue weighted by atomic mass is 14.8. The van der Waals surface area contributed by atoms with Gasteiger partial charge in [0.2, 0.25) is 0 Å². The van der Waals surface area contributed by atoms with E-state index in [1.807, 2.05) is 20.2 Å². The zero-order valence-corrected chi connectivity index (χ0v) is 8.23. The number of nitrogens with one attached hydrogen (secondary N) is 1. The quantitative estimate of drug-likeness (QED) is 0.601. The van der Waals surface area contributed by atoms with Gasteiger partial charge in [-0.1, -0.05) is 32.9 Å². The second-order valence-corrected chi connectivity index (χ2v) is 3.64. The van der Waals surface area contributed by atoms with E-state index in [-0.39, 0.29) is 5.41 Å². The molecule has 0 aromatic carbocycles. The van der Waals surface area contributed by atoms with Crippen molar-refractivity contribution in [1.82, 2.24) is 5.32 Å². The first kappa shape index (κ1) is 10.3. The van der Waals surface area contributed by atoms with E-state index in [1.54, 1.807) is 0 Å². The summed E-state index contributed by atoms with van der Waals surface area (Å²) in [4.78, 5) is 0. The Morgan fingerprint density at radius 3 is 2.09 bits per heavy atom. The maximum absolute atomic E-state index is 3.05. The normalized spacial score (nSPS) is 14.1. The molecular weight excluding hydrogens is 134 g/mol. The van der Waals surface area contributed by atoms with Gasteiger partial charge in [-0.25, -0.2) is 0 Å². The Bertz CT molecular complexity index is 158. The van der Waals surface area contributed by atoms with Gasteiger partial charge in [-0.3, -0.25) is 0 Å². The van der Waals surface area contributed by atoms with Gasteiger partial charge in [-0.2, -0.15) is 0 Å². The third kappa shape index (κ3) is 3.87. The lowest BCUT2D eigenvalue weighted by atomic mass is 9.87. The Labute approximate surface area is 70.2 Å². The zero-order chi connectivity index (χ0) is 8.91. The fourth-order valence-corrected chi connectivity index (χ4v) is 0.850. The number of allylic oxidation sites excluding steroid dienone is 3. The van der Waals surface area contributed by atoms with E-state index in [0.717, 1.165) is 0 Å². The minimum absolute atomic E-state index is 0.232. The van der Waals surface area contributed by atoms with E-state index in [9.17, 15) is 0 Å². The van der Waals surface area contributed by atoms with Gasteiger partial charge < -0.3 is 5.32 Å². The van der Waals surface area contributed by atoms with Crippen LogP contribution in [0.4, 0.5) is 0 Å². The molecule has 0 aromatic heterocycles. The largest absolute Gasteiger partial charge is 0.394 e. The van der Waals surface area contributed by atoms with Crippen LogP contribution in [0, 0.1) is 5.41 Å². The first-order valence-corrected chi connectivity index (χ1v) is 4.03. The van der Waals surface area contributed by atoms with Crippen molar-refractivity contribution in [2.75, 3.05) is 7.05 Å². The Morgan fingerprint density at radius 2 is 1.82 bits per heavy atom. The highest BCUT2D eigenvalue weighted by Gasteiger charge is 2.13. The van der Waals surface area contributed by atoms with E-state index in [4.69, 9.17) is 0 Å². The molecule has 0 aliphatic rings. The van der Waals surface area contributed by atoms with Gasteiger partial charge in [0.15, 0.2) is 0 Å². The summed E-state index contributed by atoms with van der Waals surface area (Å²) in [6.07, 6.45) is 6.24. The lowest BCUT2D eigenvalue weighted by Crippen LogP contribution is -2.10. The van der Waals surface area contributed by atoms with E-state index >= 15 is 0 Å². The molecule has 1 heteroatoms. The molecule has 0 heterocycles. The molecule has 0 aliphatic heterocycles. The molecule has 1 N–H and O–H groups in total. The fraction of sp³-hybridized carbons (Fsp3) is 0.600. The number of hydrogen-bond acceptors (Lipinski definition) is 1. The molecule has 0 amide bonds. The summed E-state index contributed by atoms with van der Waals surface area (Å²) in [5.41, 5.74) is 1.55. The van der Waals surface area contributed by atoms with Crippen LogP contribution in [-0.2, 0) is 0 Å². The summed E-state index contributed by atoms with van der Waals surface area (Å²) in [6, 6.07) is 0. The lowest BCUT2D eigenvalue weighted by Gasteiger charge is -2.19. The topological polar surface area (TPSA) is 12.0 Å². The number of hydrogen-bond donors (Lipinski definition) is 1. The third-order valence-corrected chi connectivity index (χ3v) is 1.51. The van der Waals surface area contributed by atoms with Crippen molar-refractivity contribution >= 4 is 0 Å². The molecular formula is C10H19N. The van der Waals surface area contributed by atoms with Crippen LogP contribution >= 0.6 is 0 Å². The molecule has 0 aromatic rings. The fourth-order valence-electron chi connectivity index (χ4n) is 0.850. The SMILES string of the molecule is C/C=C\C(=C/NC)C(C)(C)C. The van der Waals surface area contributed by atoms with E-state index in [0.29, 0.717) is 0 Å². The van der Waals surface area contributed by atoms with Crippen LogP contribution in [0.3, 0.4) is 0 Å². The molecule has 0 rings (SSSR count). The first-order valence-electron chi connectivity index (χ1n) is 4.03. The van der Waals surface area contributed by atoms with Crippen molar-refractivity contribution in [2.24, 2.45) is 5.41 Å². The summed E-state index contributed by atoms with van der Waals surface area (Å²) < 4.78 is 0. The van der Waals surface area contributed by atoms with E-state index in [1.165, 1.54) is 5.57 Å². The molecule has 0 radical (unpaired) electrons. The van der Waals surface area contributed by atoms with Gasteiger partial charge in [0.05, 0.1) is 0 Å². The van der Waals surface area contributed by atoms with Crippen molar-refractivity contribution < 1.29 is 0 Å². The molecule has 0 saturated carbocycles. The average molecular weight is 153 g/mol. The van der Waals surface area contributed by atoms with Gasteiger partial charge in [-0.05, 0) is 24.1 Å². The van der Waals surface area contributed by atoms with E-state index in [2.05, 4.69) is 38.2 Å². The van der Waals surface area contributed by atoms with Gasteiger partial charge in [-0.15, -0.1) is 0 Å². The van der Waals surface area contributed by atoms with Crippen molar-refractivity contribution in [3.63, 3.8) is 0 Å². The molecule has 0 fully saturated rings. The Morgan fingerprint density at radius 1 is 1.27 bits per heavy atom. The average Bonchev–Trinajstić information content (AvgIpc) is 1.85. The molecule has 0 spiro atoms. The van der Waals surface area contributed by atoms with Gasteiger partial charge in [0, 0.05) is 7.05 Å². The Kier molecular flexibility index (Phi) is 3.94. The summed E-state index contributed by atoms with van der Waals surface area (Å²) >= 11 is 0. The summed E-state index contributed by atoms with van der Waals surface area (Å²) in [5, 5.41) is 3.05. The third-order valence-electron chi connectivity index (χ3n) is 1.51. The van der Waals surface area contributed by atoms with Crippen molar-refractivity contribution in [2.45, 2.75) is 27.7 Å². The van der Waals surface area contributed by atoms with Crippen LogP contribution in [-0.4, -0.2) is 7.05 Å². The minimum Gasteiger partial charge on any atom is -0.394 e. The monoisotopic (exact) mass is 153 g/mol. The summed E-state index contributed by atoms with van der Waals surface area (Å²) in [6.45, 7) is 8.65. The second-order valence-electron chi connectivity index (χ2n) is 3.64. The van der Waals surface area contributed by atoms with Gasteiger partial charge in [0.1, 0.15) is 0 Å². The zero-order valence-electron chi connectivity index (χ0n) is 8.23. The summed E-state index contributed by atoms with van der Waals surface area (Å²) in [7, 11) is 1.93. The van der Waals surface area contributed by atoms with Crippen molar-refractivity contribution in [3.8, 4) is 0 Å². The van der Waals surface area contributed by atoms with Gasteiger partial charge >= 0.3 is 0 Å². The second kappa shape index (κ2) is 4.22. The molecule has 0 atom stereocenters. The van der Waals surface area contributed by atoms with Crippen LogP contribution < -0.4 is 5.32 Å². The Balaban J connectivity index is 4.48. The summed E-state index contributed by atoms with van der Waals surface area (Å²) in [5.74, 6) is 0. The maximum atomic E-state index is 3.05. The highest BCUT2D eigenvalue weighted by Crippen LogP contribution is 2.25. The van der Waals surface area contributed by atoms with Crippen molar-refractivity contribution in [1.29, 1.82) is 0 Å². The molecule has 0 bridgehead atoms. The predicted octanol–water partition coefficient (Wildman–Crippen LogP) is 2.71. The highest BCUT2D eigenvalue weighted by molar-refractivity contribution is 5.23. The molecule has 0 saturated heterocycles. The van der Waals surface area contributed by atoms with Crippen LogP contribution in [0.1, 0.15) is 27.7 Å². The van der Waals surface area contributed by atoms with Crippen LogP contribution in [0.15, 0.2) is 23.9 Å². The maximum Gasteiger partial charge on any atom is 0.00278 e. The van der Waals surface area contributed by atoms with Crippen LogP contribution in [0.2, 0.25) is 0 Å². The van der Waals surface area contributed by atoms with Gasteiger partial charge in [0.25, 0.3) is 0 Å². The van der Waals surface area contributed by atoms with Crippen LogP contribution in [0.25, 0.3) is 0 Å². The number of rotatable bonds is 2. The molecule has 11 heavy (non-hydrogen) atoms. The lowest BCUT2D eigenvalue weighted by molar-refractivity contribution is 0.513. The minimum atomic E-state index is 0.232. The van der Waals surface area contributed by atoms with E-state index < -0.39 is 0 Å². The molecule has 0 unspecified atom stereocenters. The van der Waals surface area contributed by atoms with Crippen LogP contribution in [0.5, 0.6) is 0 Å². The van der Waals surface area contributed by atoms with Crippen molar-refractivity contribution in [3.05, 3.63) is 23.9 Å². The molecule has 1 nitrogen and oxygen atoms in total. The first-order chi connectivity index (χ1) is 5.02. The standard InChI is InChI=1S/C10H19N/c1-6-7-9(8-11-5)10(2,3)4/h6-8,11H,1-5H3/b7-6-,9-8+. The molecule has 64 valence electrons. The predicted molar refractivity (Wildman–Crippen MR) is 51.4 cm³/mol. The molecule has 0 aliphatic carbocycles. The smallest absolute Gasteiger partial charge is 0.00278 e. The Hall–Kier alpha value is -0.720.